The molecule has 0 bridgehead atoms. The van der Waals surface area contributed by atoms with Gasteiger partial charge in [0, 0.05) is 11.2 Å². The van der Waals surface area contributed by atoms with Gasteiger partial charge in [-0.1, -0.05) is 18.2 Å². The van der Waals surface area contributed by atoms with E-state index < -0.39 is 16.3 Å². The van der Waals surface area contributed by atoms with Crippen molar-refractivity contribution in [2.75, 3.05) is 6.54 Å². The maximum atomic E-state index is 10.7. The second-order valence-electron chi connectivity index (χ2n) is 3.93. The fourth-order valence-corrected chi connectivity index (χ4v) is 3.16. The van der Waals surface area contributed by atoms with Crippen LogP contribution in [0.15, 0.2) is 29.6 Å². The summed E-state index contributed by atoms with van der Waals surface area (Å²) in [7, 11) is -3.69. The third kappa shape index (κ3) is 3.27. The van der Waals surface area contributed by atoms with Crippen molar-refractivity contribution in [3.05, 3.63) is 35.2 Å². The third-order valence-corrected chi connectivity index (χ3v) is 4.18. The van der Waals surface area contributed by atoms with E-state index in [0.717, 1.165) is 15.6 Å². The van der Waals surface area contributed by atoms with Crippen LogP contribution in [0.1, 0.15) is 18.1 Å². The summed E-state index contributed by atoms with van der Waals surface area (Å²) in [5.74, 6) is 0. The molecule has 1 unspecified atom stereocenters. The van der Waals surface area contributed by atoms with Crippen LogP contribution in [0.4, 0.5) is 0 Å². The summed E-state index contributed by atoms with van der Waals surface area (Å²) in [5.41, 5.74) is 0.826. The molecule has 18 heavy (non-hydrogen) atoms. The van der Waals surface area contributed by atoms with Gasteiger partial charge < -0.3 is 5.11 Å². The Labute approximate surface area is 109 Å². The van der Waals surface area contributed by atoms with Crippen molar-refractivity contribution in [2.45, 2.75) is 12.5 Å². The minimum atomic E-state index is -3.69. The quantitative estimate of drug-likeness (QED) is 0.769. The number of nitrogens with two attached hydrogens (primary N) is 1. The van der Waals surface area contributed by atoms with Crippen molar-refractivity contribution in [3.63, 3.8) is 0 Å². The summed E-state index contributed by atoms with van der Waals surface area (Å²) in [6.07, 6.45) is -0.410. The molecule has 0 aliphatic heterocycles. The molecule has 0 aliphatic rings. The van der Waals surface area contributed by atoms with Crippen molar-refractivity contribution in [1.82, 2.24) is 4.72 Å². The number of rotatable bonds is 5. The van der Waals surface area contributed by atoms with Crippen LogP contribution in [0.25, 0.3) is 10.1 Å². The Bertz CT molecular complexity index is 637. The molecule has 0 spiro atoms. The third-order valence-electron chi connectivity index (χ3n) is 2.59. The van der Waals surface area contributed by atoms with E-state index in [4.69, 9.17) is 5.14 Å². The van der Waals surface area contributed by atoms with Crippen molar-refractivity contribution in [2.24, 2.45) is 5.14 Å². The van der Waals surface area contributed by atoms with Gasteiger partial charge in [0.2, 0.25) is 0 Å². The lowest BCUT2D eigenvalue weighted by atomic mass is 10.1. The largest absolute Gasteiger partial charge is 0.388 e. The van der Waals surface area contributed by atoms with Gasteiger partial charge in [-0.25, -0.2) is 9.86 Å². The normalized spacial score (nSPS) is 13.9. The van der Waals surface area contributed by atoms with Gasteiger partial charge in [-0.05, 0) is 28.8 Å². The first kappa shape index (κ1) is 13.4. The maximum absolute atomic E-state index is 10.7. The zero-order valence-corrected chi connectivity index (χ0v) is 11.2. The number of aliphatic hydroxyl groups excluding tert-OH is 1. The Morgan fingerprint density at radius 1 is 1.39 bits per heavy atom. The lowest BCUT2D eigenvalue weighted by molar-refractivity contribution is 0.171. The van der Waals surface area contributed by atoms with Crippen molar-refractivity contribution >= 4 is 31.6 Å². The molecule has 1 heterocycles. The Morgan fingerprint density at radius 3 is 2.83 bits per heavy atom. The summed E-state index contributed by atoms with van der Waals surface area (Å²) < 4.78 is 24.7. The van der Waals surface area contributed by atoms with Gasteiger partial charge in [0.15, 0.2) is 0 Å². The molecule has 5 nitrogen and oxygen atoms in total. The predicted octanol–water partition coefficient (Wildman–Crippen LogP) is 1.12. The minimum Gasteiger partial charge on any atom is -0.388 e. The topological polar surface area (TPSA) is 92.4 Å². The van der Waals surface area contributed by atoms with Crippen LogP contribution in [-0.2, 0) is 10.2 Å². The van der Waals surface area contributed by atoms with Crippen LogP contribution in [-0.4, -0.2) is 20.1 Å². The van der Waals surface area contributed by atoms with Crippen LogP contribution in [0.5, 0.6) is 0 Å². The van der Waals surface area contributed by atoms with E-state index in [2.05, 4.69) is 4.72 Å². The van der Waals surface area contributed by atoms with E-state index in [-0.39, 0.29) is 13.0 Å². The number of hydrogen-bond donors (Lipinski definition) is 3. The molecule has 4 N–H and O–H groups in total. The van der Waals surface area contributed by atoms with Gasteiger partial charge in [-0.3, -0.25) is 0 Å². The zero-order chi connectivity index (χ0) is 13.2. The summed E-state index contributed by atoms with van der Waals surface area (Å²) in [6.45, 7) is 0.115. The molecular formula is C11H14N2O3S2. The smallest absolute Gasteiger partial charge is 0.274 e. The van der Waals surface area contributed by atoms with Gasteiger partial charge in [-0.2, -0.15) is 8.42 Å². The number of aliphatic hydroxyl groups is 1. The van der Waals surface area contributed by atoms with Crippen LogP contribution in [0.2, 0.25) is 0 Å². The Kier molecular flexibility index (Phi) is 3.98. The van der Waals surface area contributed by atoms with Gasteiger partial charge in [0.05, 0.1) is 6.10 Å². The summed E-state index contributed by atoms with van der Waals surface area (Å²) in [4.78, 5) is 0. The highest BCUT2D eigenvalue weighted by atomic mass is 32.2. The van der Waals surface area contributed by atoms with Crippen molar-refractivity contribution in [1.29, 1.82) is 0 Å². The van der Waals surface area contributed by atoms with Gasteiger partial charge in [-0.15, -0.1) is 11.3 Å². The van der Waals surface area contributed by atoms with E-state index >= 15 is 0 Å². The number of nitrogens with one attached hydrogen (secondary N) is 1. The molecule has 1 aromatic heterocycles. The molecule has 0 saturated carbocycles. The SMILES string of the molecule is NS(=O)(=O)NCCC(O)c1csc2ccccc12. The summed E-state index contributed by atoms with van der Waals surface area (Å²) in [5, 5.41) is 17.7. The highest BCUT2D eigenvalue weighted by Crippen LogP contribution is 2.31. The van der Waals surface area contributed by atoms with Crippen LogP contribution >= 0.6 is 11.3 Å². The van der Waals surface area contributed by atoms with Crippen LogP contribution in [0.3, 0.4) is 0 Å². The molecule has 2 rings (SSSR count). The second kappa shape index (κ2) is 5.33. The molecule has 0 amide bonds. The fraction of sp³-hybridized carbons (Fsp3) is 0.273. The molecule has 1 aromatic carbocycles. The molecule has 98 valence electrons. The highest BCUT2D eigenvalue weighted by molar-refractivity contribution is 7.87. The molecule has 0 radical (unpaired) electrons. The number of hydrogen-bond acceptors (Lipinski definition) is 4. The average molecular weight is 286 g/mol. The Hall–Kier alpha value is -0.990. The molecule has 0 aliphatic carbocycles. The van der Waals surface area contributed by atoms with E-state index in [0.29, 0.717) is 0 Å². The molecule has 1 atom stereocenters. The van der Waals surface area contributed by atoms with Gasteiger partial charge in [0.1, 0.15) is 0 Å². The molecule has 0 fully saturated rings. The predicted molar refractivity (Wildman–Crippen MR) is 72.5 cm³/mol. The monoisotopic (exact) mass is 286 g/mol. The summed E-state index contributed by atoms with van der Waals surface area (Å²) in [6, 6.07) is 7.78. The van der Waals surface area contributed by atoms with Crippen LogP contribution in [0, 0.1) is 0 Å². The Balaban J connectivity index is 2.07. The Morgan fingerprint density at radius 2 is 2.11 bits per heavy atom. The van der Waals surface area contributed by atoms with Crippen LogP contribution < -0.4 is 9.86 Å². The van der Waals surface area contributed by atoms with Crippen molar-refractivity contribution < 1.29 is 13.5 Å². The first-order chi connectivity index (χ1) is 8.47. The van der Waals surface area contributed by atoms with Crippen molar-refractivity contribution in [3.8, 4) is 0 Å². The number of fused-ring (bicyclic) bond motifs is 1. The van der Waals surface area contributed by atoms with E-state index in [9.17, 15) is 13.5 Å². The van der Waals surface area contributed by atoms with Gasteiger partial charge >= 0.3 is 0 Å². The van der Waals surface area contributed by atoms with E-state index in [1.165, 1.54) is 0 Å². The molecule has 0 saturated heterocycles. The number of benzene rings is 1. The first-order valence-corrected chi connectivity index (χ1v) is 7.81. The van der Waals surface area contributed by atoms with E-state index in [1.807, 2.05) is 29.6 Å². The van der Waals surface area contributed by atoms with Gasteiger partial charge in [0.25, 0.3) is 10.2 Å². The molecular weight excluding hydrogens is 272 g/mol. The lowest BCUT2D eigenvalue weighted by Crippen LogP contribution is -2.32. The molecule has 2 aromatic rings. The van der Waals surface area contributed by atoms with E-state index in [1.54, 1.807) is 11.3 Å². The molecule has 7 heteroatoms. The minimum absolute atomic E-state index is 0.115. The zero-order valence-electron chi connectivity index (χ0n) is 9.54. The maximum Gasteiger partial charge on any atom is 0.274 e. The average Bonchev–Trinajstić information content (AvgIpc) is 2.70. The second-order valence-corrected chi connectivity index (χ2v) is 6.22. The highest BCUT2D eigenvalue weighted by Gasteiger charge is 2.13. The lowest BCUT2D eigenvalue weighted by Gasteiger charge is -2.09. The number of thiophene rings is 1. The summed E-state index contributed by atoms with van der Waals surface area (Å²) >= 11 is 1.56. The first-order valence-electron chi connectivity index (χ1n) is 5.39. The standard InChI is InChI=1S/C11H14N2O3S2/c12-18(15,16)13-6-5-10(14)9-7-17-11-4-2-1-3-8(9)11/h1-4,7,10,13-14H,5-6H2,(H2,12,15,16). The fourth-order valence-electron chi connectivity index (χ4n) is 1.75.